The second kappa shape index (κ2) is 6.66. The van der Waals surface area contributed by atoms with Crippen LogP contribution in [-0.4, -0.2) is 36.5 Å². The van der Waals surface area contributed by atoms with Crippen LogP contribution in [0, 0.1) is 0 Å². The van der Waals surface area contributed by atoms with Gasteiger partial charge in [-0.3, -0.25) is 9.59 Å². The Hall–Kier alpha value is -2.60. The van der Waals surface area contributed by atoms with Gasteiger partial charge in [0.15, 0.2) is 6.10 Å². The van der Waals surface area contributed by atoms with Gasteiger partial charge in [0.2, 0.25) is 5.91 Å². The van der Waals surface area contributed by atoms with Gasteiger partial charge in [-0.2, -0.15) is 0 Å². The highest BCUT2D eigenvalue weighted by molar-refractivity contribution is 5.86. The van der Waals surface area contributed by atoms with Crippen LogP contribution in [0.2, 0.25) is 0 Å². The fraction of sp³-hybridized carbons (Fsp3) is 0.294. The number of morpholine rings is 1. The van der Waals surface area contributed by atoms with Crippen LogP contribution in [0.25, 0.3) is 0 Å². The van der Waals surface area contributed by atoms with Crippen LogP contribution < -0.4 is 5.32 Å². The number of benzene rings is 1. The molecule has 1 saturated heterocycles. The number of rotatable bonds is 4. The number of furan rings is 1. The summed E-state index contributed by atoms with van der Waals surface area (Å²) in [6, 6.07) is 12.5. The van der Waals surface area contributed by atoms with Gasteiger partial charge in [0.1, 0.15) is 12.4 Å². The van der Waals surface area contributed by atoms with Crippen molar-refractivity contribution >= 4 is 11.8 Å². The molecule has 0 saturated carbocycles. The quantitative estimate of drug-likeness (QED) is 0.928. The van der Waals surface area contributed by atoms with Gasteiger partial charge < -0.3 is 19.4 Å². The van der Waals surface area contributed by atoms with Gasteiger partial charge in [0.05, 0.1) is 18.8 Å². The van der Waals surface area contributed by atoms with Crippen LogP contribution in [0.5, 0.6) is 0 Å². The van der Waals surface area contributed by atoms with E-state index in [2.05, 4.69) is 5.32 Å². The molecule has 0 radical (unpaired) electrons. The minimum Gasteiger partial charge on any atom is -0.467 e. The number of carbonyl (C=O) groups is 2. The molecule has 1 aliphatic rings. The van der Waals surface area contributed by atoms with Crippen molar-refractivity contribution in [2.24, 2.45) is 0 Å². The average molecular weight is 314 g/mol. The summed E-state index contributed by atoms with van der Waals surface area (Å²) in [7, 11) is 1.69. The minimum atomic E-state index is -0.755. The molecule has 1 N–H and O–H groups in total. The molecule has 3 rings (SSSR count). The molecule has 0 bridgehead atoms. The number of ether oxygens (including phenoxy) is 1. The Labute approximate surface area is 134 Å². The molecule has 2 heterocycles. The largest absolute Gasteiger partial charge is 0.467 e. The Morgan fingerprint density at radius 2 is 2.04 bits per heavy atom. The standard InChI is InChI=1S/C17H18N2O4/c1-19-14(20)11-23-16(15(19)12-6-3-2-4-7-12)17(21)18-10-13-8-5-9-22-13/h2-9,15-16H,10-11H2,1H3,(H,18,21)/t15-,16+/m0/s1. The van der Waals surface area contributed by atoms with Crippen molar-refractivity contribution in [1.82, 2.24) is 10.2 Å². The van der Waals surface area contributed by atoms with Gasteiger partial charge in [-0.05, 0) is 17.7 Å². The molecule has 1 aromatic carbocycles. The smallest absolute Gasteiger partial charge is 0.252 e. The summed E-state index contributed by atoms with van der Waals surface area (Å²) in [5.74, 6) is 0.249. The number of hydrogen-bond acceptors (Lipinski definition) is 4. The molecule has 120 valence electrons. The maximum Gasteiger partial charge on any atom is 0.252 e. The zero-order chi connectivity index (χ0) is 16.2. The minimum absolute atomic E-state index is 0.0985. The van der Waals surface area contributed by atoms with Crippen LogP contribution in [0.15, 0.2) is 53.1 Å². The summed E-state index contributed by atoms with van der Waals surface area (Å²) >= 11 is 0. The molecule has 0 aliphatic carbocycles. The molecule has 0 unspecified atom stereocenters. The van der Waals surface area contributed by atoms with E-state index < -0.39 is 12.1 Å². The summed E-state index contributed by atoms with van der Waals surface area (Å²) in [6.07, 6.45) is 0.799. The summed E-state index contributed by atoms with van der Waals surface area (Å²) in [6.45, 7) is 0.184. The summed E-state index contributed by atoms with van der Waals surface area (Å²) in [5, 5.41) is 2.79. The lowest BCUT2D eigenvalue weighted by Crippen LogP contribution is -2.52. The van der Waals surface area contributed by atoms with Gasteiger partial charge in [-0.25, -0.2) is 0 Å². The van der Waals surface area contributed by atoms with E-state index in [1.54, 1.807) is 30.3 Å². The van der Waals surface area contributed by atoms with E-state index in [9.17, 15) is 9.59 Å². The normalized spacial score (nSPS) is 21.3. The molecule has 1 aromatic heterocycles. The van der Waals surface area contributed by atoms with Crippen molar-refractivity contribution < 1.29 is 18.7 Å². The SMILES string of the molecule is CN1C(=O)CO[C@@H](C(=O)NCc2ccco2)[C@@H]1c1ccccc1. The highest BCUT2D eigenvalue weighted by atomic mass is 16.5. The lowest BCUT2D eigenvalue weighted by molar-refractivity contribution is -0.162. The number of hydrogen-bond donors (Lipinski definition) is 1. The van der Waals surface area contributed by atoms with Crippen molar-refractivity contribution in [2.45, 2.75) is 18.7 Å². The molecular formula is C17H18N2O4. The first-order chi connectivity index (χ1) is 11.2. The maximum atomic E-state index is 12.5. The molecule has 1 fully saturated rings. The summed E-state index contributed by atoms with van der Waals surface area (Å²) < 4.78 is 10.7. The number of carbonyl (C=O) groups excluding carboxylic acids is 2. The van der Waals surface area contributed by atoms with Crippen LogP contribution in [0.1, 0.15) is 17.4 Å². The van der Waals surface area contributed by atoms with Crippen LogP contribution in [0.4, 0.5) is 0 Å². The lowest BCUT2D eigenvalue weighted by atomic mass is 9.97. The Morgan fingerprint density at radius 3 is 2.74 bits per heavy atom. The lowest BCUT2D eigenvalue weighted by Gasteiger charge is -2.38. The second-order valence-corrected chi connectivity index (χ2v) is 5.39. The molecule has 0 spiro atoms. The van der Waals surface area contributed by atoms with E-state index in [4.69, 9.17) is 9.15 Å². The van der Waals surface area contributed by atoms with Crippen molar-refractivity contribution in [3.8, 4) is 0 Å². The van der Waals surface area contributed by atoms with Crippen molar-refractivity contribution in [3.63, 3.8) is 0 Å². The van der Waals surface area contributed by atoms with Crippen LogP contribution in [0.3, 0.4) is 0 Å². The molecule has 6 nitrogen and oxygen atoms in total. The van der Waals surface area contributed by atoms with Crippen molar-refractivity contribution in [3.05, 3.63) is 60.1 Å². The third-order valence-corrected chi connectivity index (χ3v) is 3.90. The first kappa shape index (κ1) is 15.3. The van der Waals surface area contributed by atoms with E-state index in [1.165, 1.54) is 0 Å². The highest BCUT2D eigenvalue weighted by Gasteiger charge is 2.39. The third kappa shape index (κ3) is 3.27. The Kier molecular flexibility index (Phi) is 4.43. The second-order valence-electron chi connectivity index (χ2n) is 5.39. The van der Waals surface area contributed by atoms with E-state index >= 15 is 0 Å². The number of nitrogens with one attached hydrogen (secondary N) is 1. The highest BCUT2D eigenvalue weighted by Crippen LogP contribution is 2.29. The van der Waals surface area contributed by atoms with E-state index in [1.807, 2.05) is 30.3 Å². The molecular weight excluding hydrogens is 296 g/mol. The number of nitrogens with zero attached hydrogens (tertiary/aromatic N) is 1. The summed E-state index contributed by atoms with van der Waals surface area (Å²) in [4.78, 5) is 26.0. The molecule has 1 aliphatic heterocycles. The zero-order valence-electron chi connectivity index (χ0n) is 12.8. The topological polar surface area (TPSA) is 71.8 Å². The van der Waals surface area contributed by atoms with Crippen LogP contribution in [-0.2, 0) is 20.9 Å². The summed E-state index contributed by atoms with van der Waals surface area (Å²) in [5.41, 5.74) is 0.862. The molecule has 2 amide bonds. The van der Waals surface area contributed by atoms with Crippen LogP contribution >= 0.6 is 0 Å². The van der Waals surface area contributed by atoms with Gasteiger partial charge in [0, 0.05) is 7.05 Å². The Morgan fingerprint density at radius 1 is 1.26 bits per heavy atom. The first-order valence-electron chi connectivity index (χ1n) is 7.39. The van der Waals surface area contributed by atoms with Gasteiger partial charge in [-0.1, -0.05) is 30.3 Å². The monoisotopic (exact) mass is 314 g/mol. The average Bonchev–Trinajstić information content (AvgIpc) is 3.09. The van der Waals surface area contributed by atoms with Gasteiger partial charge >= 0.3 is 0 Å². The molecule has 6 heteroatoms. The Bertz CT molecular complexity index is 669. The first-order valence-corrected chi connectivity index (χ1v) is 7.39. The Balaban J connectivity index is 1.77. The zero-order valence-corrected chi connectivity index (χ0v) is 12.8. The van der Waals surface area contributed by atoms with E-state index in [0.717, 1.165) is 5.56 Å². The third-order valence-electron chi connectivity index (χ3n) is 3.90. The molecule has 2 atom stereocenters. The molecule has 2 aromatic rings. The predicted molar refractivity (Wildman–Crippen MR) is 82.2 cm³/mol. The fourth-order valence-corrected chi connectivity index (χ4v) is 2.67. The van der Waals surface area contributed by atoms with Gasteiger partial charge in [0.25, 0.3) is 5.91 Å². The number of likely N-dealkylation sites (N-methyl/N-ethyl adjacent to an activating group) is 1. The van der Waals surface area contributed by atoms with E-state index in [0.29, 0.717) is 5.76 Å². The fourth-order valence-electron chi connectivity index (χ4n) is 2.67. The van der Waals surface area contributed by atoms with E-state index in [-0.39, 0.29) is 25.0 Å². The van der Waals surface area contributed by atoms with Gasteiger partial charge in [-0.15, -0.1) is 0 Å². The number of amides is 2. The van der Waals surface area contributed by atoms with Crippen molar-refractivity contribution in [1.29, 1.82) is 0 Å². The maximum absolute atomic E-state index is 12.5. The molecule has 23 heavy (non-hydrogen) atoms. The van der Waals surface area contributed by atoms with Crippen molar-refractivity contribution in [2.75, 3.05) is 13.7 Å². The predicted octanol–water partition coefficient (Wildman–Crippen LogP) is 1.49.